The lowest BCUT2D eigenvalue weighted by Crippen LogP contribution is -2.45. The molecular weight excluding hydrogens is 392 g/mol. The van der Waals surface area contributed by atoms with Gasteiger partial charge in [0.2, 0.25) is 10.0 Å². The van der Waals surface area contributed by atoms with Gasteiger partial charge in [0.25, 0.3) is 5.91 Å². The lowest BCUT2D eigenvalue weighted by atomic mass is 10.1. The molecule has 29 heavy (non-hydrogen) atoms. The predicted molar refractivity (Wildman–Crippen MR) is 112 cm³/mol. The Bertz CT molecular complexity index is 801. The molecule has 0 bridgehead atoms. The van der Waals surface area contributed by atoms with Crippen molar-refractivity contribution in [1.29, 1.82) is 0 Å². The van der Waals surface area contributed by atoms with Gasteiger partial charge >= 0.3 is 0 Å². The number of nitrogens with zero attached hydrogens (tertiary/aromatic N) is 3. The molecule has 2 aliphatic rings. The minimum Gasteiger partial charge on any atom is -0.379 e. The standard InChI is InChI=1S/C20H32N4O4S/c1-17-4-5-18(16-19(17)29(26,27)24-12-14-28-15-13-24)20(25)21-6-3-7-23-10-8-22(2)9-11-23/h4-5,16H,3,6-15H2,1-2H3,(H,21,25). The molecular formula is C20H32N4O4S. The number of benzene rings is 1. The number of aryl methyl sites for hydroxylation is 1. The molecule has 0 spiro atoms. The molecule has 0 atom stereocenters. The number of piperazine rings is 1. The highest BCUT2D eigenvalue weighted by molar-refractivity contribution is 7.89. The van der Waals surface area contributed by atoms with Crippen LogP contribution in [0.2, 0.25) is 0 Å². The molecule has 2 fully saturated rings. The molecule has 0 saturated carbocycles. The van der Waals surface area contributed by atoms with E-state index in [0.717, 1.165) is 39.1 Å². The third kappa shape index (κ3) is 5.76. The Kier molecular flexibility index (Phi) is 7.64. The number of amides is 1. The van der Waals surface area contributed by atoms with Gasteiger partial charge in [0.1, 0.15) is 0 Å². The summed E-state index contributed by atoms with van der Waals surface area (Å²) in [5.74, 6) is -0.234. The molecule has 1 amide bonds. The van der Waals surface area contributed by atoms with Crippen LogP contribution in [0.15, 0.2) is 23.1 Å². The minimum absolute atomic E-state index is 0.199. The smallest absolute Gasteiger partial charge is 0.251 e. The summed E-state index contributed by atoms with van der Waals surface area (Å²) in [6.45, 7) is 9.03. The molecule has 2 heterocycles. The first-order valence-electron chi connectivity index (χ1n) is 10.3. The van der Waals surface area contributed by atoms with Crippen molar-refractivity contribution in [2.24, 2.45) is 0 Å². The molecule has 8 nitrogen and oxygen atoms in total. The third-order valence-electron chi connectivity index (χ3n) is 5.57. The second-order valence-corrected chi connectivity index (χ2v) is 9.66. The Labute approximate surface area is 173 Å². The highest BCUT2D eigenvalue weighted by Gasteiger charge is 2.28. The summed E-state index contributed by atoms with van der Waals surface area (Å²) in [5.41, 5.74) is 1.02. The fourth-order valence-electron chi connectivity index (χ4n) is 3.62. The van der Waals surface area contributed by atoms with Crippen molar-refractivity contribution >= 4 is 15.9 Å². The van der Waals surface area contributed by atoms with Gasteiger partial charge in [-0.25, -0.2) is 8.42 Å². The molecule has 2 aliphatic heterocycles. The molecule has 162 valence electrons. The molecule has 0 radical (unpaired) electrons. The first kappa shape index (κ1) is 22.2. The first-order chi connectivity index (χ1) is 13.9. The van der Waals surface area contributed by atoms with E-state index in [9.17, 15) is 13.2 Å². The van der Waals surface area contributed by atoms with Crippen LogP contribution >= 0.6 is 0 Å². The van der Waals surface area contributed by atoms with E-state index >= 15 is 0 Å². The maximum absolute atomic E-state index is 13.0. The second kappa shape index (κ2) is 9.99. The van der Waals surface area contributed by atoms with Crippen LogP contribution in [0.1, 0.15) is 22.3 Å². The van der Waals surface area contributed by atoms with Crippen LogP contribution in [0, 0.1) is 6.92 Å². The van der Waals surface area contributed by atoms with Crippen molar-refractivity contribution in [2.45, 2.75) is 18.2 Å². The van der Waals surface area contributed by atoms with Gasteiger partial charge in [0.15, 0.2) is 0 Å². The van der Waals surface area contributed by atoms with Crippen LogP contribution in [-0.2, 0) is 14.8 Å². The van der Waals surface area contributed by atoms with Crippen molar-refractivity contribution in [2.75, 3.05) is 72.6 Å². The van der Waals surface area contributed by atoms with E-state index in [-0.39, 0.29) is 10.8 Å². The Morgan fingerprint density at radius 2 is 1.79 bits per heavy atom. The quantitative estimate of drug-likeness (QED) is 0.638. The van der Waals surface area contributed by atoms with Gasteiger partial charge in [-0.05, 0) is 44.6 Å². The highest BCUT2D eigenvalue weighted by atomic mass is 32.2. The average molecular weight is 425 g/mol. The number of hydrogen-bond donors (Lipinski definition) is 1. The minimum atomic E-state index is -3.63. The number of likely N-dealkylation sites (N-methyl/N-ethyl adjacent to an activating group) is 1. The van der Waals surface area contributed by atoms with Gasteiger partial charge in [-0.1, -0.05) is 6.07 Å². The number of morpholine rings is 1. The van der Waals surface area contributed by atoms with Gasteiger partial charge in [-0.3, -0.25) is 4.79 Å². The summed E-state index contributed by atoms with van der Waals surface area (Å²) in [4.78, 5) is 17.5. The number of ether oxygens (including phenoxy) is 1. The zero-order valence-corrected chi connectivity index (χ0v) is 18.2. The summed E-state index contributed by atoms with van der Waals surface area (Å²) in [5, 5.41) is 2.92. The molecule has 0 aliphatic carbocycles. The monoisotopic (exact) mass is 424 g/mol. The van der Waals surface area contributed by atoms with Crippen molar-refractivity contribution in [3.05, 3.63) is 29.3 Å². The zero-order valence-electron chi connectivity index (χ0n) is 17.4. The summed E-state index contributed by atoms with van der Waals surface area (Å²) in [7, 11) is -1.50. The van der Waals surface area contributed by atoms with Crippen molar-refractivity contribution < 1.29 is 17.9 Å². The van der Waals surface area contributed by atoms with Crippen LogP contribution in [0.5, 0.6) is 0 Å². The van der Waals surface area contributed by atoms with Gasteiger partial charge in [0.05, 0.1) is 18.1 Å². The Morgan fingerprint density at radius 1 is 1.10 bits per heavy atom. The van der Waals surface area contributed by atoms with Gasteiger partial charge in [0, 0.05) is 51.4 Å². The largest absolute Gasteiger partial charge is 0.379 e. The highest BCUT2D eigenvalue weighted by Crippen LogP contribution is 2.22. The fourth-order valence-corrected chi connectivity index (χ4v) is 5.28. The summed E-state index contributed by atoms with van der Waals surface area (Å²) < 4.78 is 32.6. The number of nitrogens with one attached hydrogen (secondary N) is 1. The van der Waals surface area contributed by atoms with Gasteiger partial charge in [-0.2, -0.15) is 4.31 Å². The van der Waals surface area contributed by atoms with Crippen molar-refractivity contribution in [1.82, 2.24) is 19.4 Å². The van der Waals surface area contributed by atoms with Crippen LogP contribution in [-0.4, -0.2) is 101 Å². The van der Waals surface area contributed by atoms with Crippen LogP contribution < -0.4 is 5.32 Å². The zero-order chi connectivity index (χ0) is 20.9. The summed E-state index contributed by atoms with van der Waals surface area (Å²) in [6.07, 6.45) is 0.875. The SMILES string of the molecule is Cc1ccc(C(=O)NCCCN2CCN(C)CC2)cc1S(=O)(=O)N1CCOCC1. The molecule has 1 aromatic carbocycles. The maximum Gasteiger partial charge on any atom is 0.251 e. The summed E-state index contributed by atoms with van der Waals surface area (Å²) >= 11 is 0. The van der Waals surface area contributed by atoms with Crippen molar-refractivity contribution in [3.8, 4) is 0 Å². The lowest BCUT2D eigenvalue weighted by Gasteiger charge is -2.32. The topological polar surface area (TPSA) is 82.2 Å². The number of carbonyl (C=O) groups is 1. The molecule has 1 aromatic rings. The third-order valence-corrected chi connectivity index (χ3v) is 7.61. The molecule has 1 N–H and O–H groups in total. The van der Waals surface area contributed by atoms with E-state index in [2.05, 4.69) is 22.2 Å². The maximum atomic E-state index is 13.0. The van der Waals surface area contributed by atoms with E-state index in [1.807, 2.05) is 0 Å². The first-order valence-corrected chi connectivity index (χ1v) is 11.7. The van der Waals surface area contributed by atoms with E-state index in [1.54, 1.807) is 19.1 Å². The van der Waals surface area contributed by atoms with Gasteiger partial charge < -0.3 is 19.9 Å². The van der Waals surface area contributed by atoms with E-state index < -0.39 is 10.0 Å². The normalized spacial score (nSPS) is 19.9. The van der Waals surface area contributed by atoms with Crippen molar-refractivity contribution in [3.63, 3.8) is 0 Å². The number of hydrogen-bond acceptors (Lipinski definition) is 6. The van der Waals surface area contributed by atoms with Crippen LogP contribution in [0.4, 0.5) is 0 Å². The molecule has 0 unspecified atom stereocenters. The van der Waals surface area contributed by atoms with E-state index in [1.165, 1.54) is 10.4 Å². The van der Waals surface area contributed by atoms with E-state index in [4.69, 9.17) is 4.74 Å². The van der Waals surface area contributed by atoms with E-state index in [0.29, 0.717) is 44.0 Å². The fraction of sp³-hybridized carbons (Fsp3) is 0.650. The summed E-state index contributed by atoms with van der Waals surface area (Å²) in [6, 6.07) is 4.88. The molecule has 0 aromatic heterocycles. The molecule has 2 saturated heterocycles. The predicted octanol–water partition coefficient (Wildman–Crippen LogP) is 0.383. The van der Waals surface area contributed by atoms with Crippen LogP contribution in [0.3, 0.4) is 0 Å². The lowest BCUT2D eigenvalue weighted by molar-refractivity contribution is 0.0730. The number of sulfonamides is 1. The molecule has 3 rings (SSSR count). The average Bonchev–Trinajstić information content (AvgIpc) is 2.73. The number of rotatable bonds is 7. The van der Waals surface area contributed by atoms with Gasteiger partial charge in [-0.15, -0.1) is 0 Å². The van der Waals surface area contributed by atoms with Crippen LogP contribution in [0.25, 0.3) is 0 Å². The Morgan fingerprint density at radius 3 is 2.48 bits per heavy atom. The number of carbonyl (C=O) groups excluding carboxylic acids is 1. The Balaban J connectivity index is 1.56. The Hall–Kier alpha value is -1.52. The molecule has 9 heteroatoms. The second-order valence-electron chi connectivity index (χ2n) is 7.75.